The molecule has 0 aliphatic carbocycles. The maximum absolute atomic E-state index is 12.1. The van der Waals surface area contributed by atoms with Gasteiger partial charge in [0.25, 0.3) is 0 Å². The topological polar surface area (TPSA) is 72.9 Å². The fourth-order valence-corrected chi connectivity index (χ4v) is 1.68. The van der Waals surface area contributed by atoms with Crippen molar-refractivity contribution in [2.75, 3.05) is 11.5 Å². The minimum Gasteiger partial charge on any atom is -0.462 e. The molecule has 0 fully saturated rings. The molecule has 0 radical (unpaired) electrons. The third kappa shape index (κ3) is 4.87. The number of rotatable bonds is 3. The minimum absolute atomic E-state index is 0.276. The van der Waals surface area contributed by atoms with Crippen molar-refractivity contribution in [3.8, 4) is 0 Å². The minimum atomic E-state index is -0.760. The van der Waals surface area contributed by atoms with Gasteiger partial charge in [-0.05, 0) is 52.0 Å². The normalized spacial score (nSPS) is 10.8. The molecule has 0 saturated carbocycles. The van der Waals surface area contributed by atoms with E-state index in [1.807, 2.05) is 0 Å². The summed E-state index contributed by atoms with van der Waals surface area (Å²) < 4.78 is 10.1. The maximum Gasteiger partial charge on any atom is 0.421 e. The summed E-state index contributed by atoms with van der Waals surface area (Å²) in [4.78, 5) is 36.3. The highest BCUT2D eigenvalue weighted by Crippen LogP contribution is 2.19. The Bertz CT molecular complexity index is 557. The van der Waals surface area contributed by atoms with Crippen LogP contribution in [0.15, 0.2) is 24.3 Å². The van der Waals surface area contributed by atoms with E-state index in [9.17, 15) is 14.4 Å². The first kappa shape index (κ1) is 17.7. The van der Waals surface area contributed by atoms with E-state index < -0.39 is 23.6 Å². The Hall–Kier alpha value is -2.37. The van der Waals surface area contributed by atoms with Crippen molar-refractivity contribution in [3.05, 3.63) is 29.8 Å². The standard InChI is InChI=1S/C16H21NO5/c1-6-21-14(19)12-7-9-13(10-8-12)17(11(2)18)15(20)22-16(3,4)5/h7-10H,6H2,1-5H3. The van der Waals surface area contributed by atoms with Crippen LogP contribution in [0.5, 0.6) is 0 Å². The quantitative estimate of drug-likeness (QED) is 0.802. The average Bonchev–Trinajstić information content (AvgIpc) is 2.37. The van der Waals surface area contributed by atoms with Gasteiger partial charge in [0.05, 0.1) is 17.9 Å². The number of amides is 2. The molecule has 6 heteroatoms. The zero-order valence-corrected chi connectivity index (χ0v) is 13.5. The number of nitrogens with zero attached hydrogens (tertiary/aromatic N) is 1. The predicted molar refractivity (Wildman–Crippen MR) is 81.8 cm³/mol. The van der Waals surface area contributed by atoms with Gasteiger partial charge < -0.3 is 9.47 Å². The van der Waals surface area contributed by atoms with Crippen LogP contribution in [-0.2, 0) is 14.3 Å². The van der Waals surface area contributed by atoms with Crippen molar-refractivity contribution in [1.29, 1.82) is 0 Å². The highest BCUT2D eigenvalue weighted by Gasteiger charge is 2.26. The molecule has 0 atom stereocenters. The summed E-state index contributed by atoms with van der Waals surface area (Å²) in [6, 6.07) is 5.98. The van der Waals surface area contributed by atoms with Crippen LogP contribution in [0.4, 0.5) is 10.5 Å². The summed E-state index contributed by atoms with van der Waals surface area (Å²) in [6.45, 7) is 8.40. The molecular weight excluding hydrogens is 286 g/mol. The van der Waals surface area contributed by atoms with E-state index in [2.05, 4.69) is 0 Å². The zero-order valence-electron chi connectivity index (χ0n) is 13.5. The second-order valence-electron chi connectivity index (χ2n) is 5.60. The summed E-state index contributed by atoms with van der Waals surface area (Å²) in [7, 11) is 0. The first-order chi connectivity index (χ1) is 10.2. The molecule has 22 heavy (non-hydrogen) atoms. The van der Waals surface area contributed by atoms with Crippen molar-refractivity contribution < 1.29 is 23.9 Å². The Morgan fingerprint density at radius 3 is 2.05 bits per heavy atom. The Kier molecular flexibility index (Phi) is 5.68. The maximum atomic E-state index is 12.1. The molecule has 0 aliphatic heterocycles. The molecule has 0 unspecified atom stereocenters. The molecule has 2 amide bonds. The number of ether oxygens (including phenoxy) is 2. The van der Waals surface area contributed by atoms with Gasteiger partial charge in [-0.2, -0.15) is 0 Å². The lowest BCUT2D eigenvalue weighted by Crippen LogP contribution is -2.39. The number of carbonyl (C=O) groups is 3. The molecule has 6 nitrogen and oxygen atoms in total. The fraction of sp³-hybridized carbons (Fsp3) is 0.438. The fourth-order valence-electron chi connectivity index (χ4n) is 1.68. The van der Waals surface area contributed by atoms with Crippen LogP contribution in [0.25, 0.3) is 0 Å². The SMILES string of the molecule is CCOC(=O)c1ccc(N(C(C)=O)C(=O)OC(C)(C)C)cc1. The molecular formula is C16H21NO5. The predicted octanol–water partition coefficient (Wildman–Crippen LogP) is 3.15. The number of carbonyl (C=O) groups excluding carboxylic acids is 3. The van der Waals surface area contributed by atoms with Crippen molar-refractivity contribution in [2.24, 2.45) is 0 Å². The van der Waals surface area contributed by atoms with Crippen molar-refractivity contribution >= 4 is 23.7 Å². The molecule has 0 bridgehead atoms. The summed E-state index contributed by atoms with van der Waals surface area (Å²) in [5.41, 5.74) is -0.0385. The lowest BCUT2D eigenvalue weighted by atomic mass is 10.2. The number of esters is 1. The zero-order chi connectivity index (χ0) is 16.9. The first-order valence-corrected chi connectivity index (χ1v) is 6.96. The molecule has 0 aromatic heterocycles. The van der Waals surface area contributed by atoms with E-state index in [-0.39, 0.29) is 6.61 Å². The monoisotopic (exact) mass is 307 g/mol. The van der Waals surface area contributed by atoms with Gasteiger partial charge in [0.1, 0.15) is 5.60 Å². The summed E-state index contributed by atoms with van der Waals surface area (Å²) in [6.07, 6.45) is -0.760. The summed E-state index contributed by atoms with van der Waals surface area (Å²) in [5.74, 6) is -0.932. The van der Waals surface area contributed by atoms with E-state index >= 15 is 0 Å². The highest BCUT2D eigenvalue weighted by atomic mass is 16.6. The number of benzene rings is 1. The van der Waals surface area contributed by atoms with Crippen LogP contribution < -0.4 is 4.90 Å². The van der Waals surface area contributed by atoms with Gasteiger partial charge in [0.15, 0.2) is 0 Å². The van der Waals surface area contributed by atoms with E-state index in [0.29, 0.717) is 11.3 Å². The second-order valence-corrected chi connectivity index (χ2v) is 5.60. The van der Waals surface area contributed by atoms with Crippen molar-refractivity contribution in [1.82, 2.24) is 0 Å². The molecule has 1 aromatic carbocycles. The summed E-state index contributed by atoms with van der Waals surface area (Å²) in [5, 5.41) is 0. The van der Waals surface area contributed by atoms with Crippen LogP contribution in [0.1, 0.15) is 45.0 Å². The molecule has 1 rings (SSSR count). The molecule has 1 aromatic rings. The largest absolute Gasteiger partial charge is 0.462 e. The van der Waals surface area contributed by atoms with E-state index in [1.54, 1.807) is 27.7 Å². The van der Waals surface area contributed by atoms with E-state index in [4.69, 9.17) is 9.47 Å². The number of hydrogen-bond donors (Lipinski definition) is 0. The highest BCUT2D eigenvalue weighted by molar-refractivity contribution is 6.11. The molecule has 0 aliphatic rings. The van der Waals surface area contributed by atoms with E-state index in [1.165, 1.54) is 31.2 Å². The average molecular weight is 307 g/mol. The van der Waals surface area contributed by atoms with Gasteiger partial charge in [-0.1, -0.05) is 0 Å². The molecule has 0 saturated heterocycles. The third-order valence-electron chi connectivity index (χ3n) is 2.53. The number of anilines is 1. The number of imide groups is 1. The van der Waals surface area contributed by atoms with Crippen molar-refractivity contribution in [2.45, 2.75) is 40.2 Å². The first-order valence-electron chi connectivity index (χ1n) is 6.96. The van der Waals surface area contributed by atoms with Crippen LogP contribution in [0.2, 0.25) is 0 Å². The van der Waals surface area contributed by atoms with Gasteiger partial charge in [0, 0.05) is 6.92 Å². The summed E-state index contributed by atoms with van der Waals surface area (Å²) >= 11 is 0. The van der Waals surface area contributed by atoms with Crippen molar-refractivity contribution in [3.63, 3.8) is 0 Å². The van der Waals surface area contributed by atoms with Crippen LogP contribution in [0, 0.1) is 0 Å². The lowest BCUT2D eigenvalue weighted by Gasteiger charge is -2.25. The van der Waals surface area contributed by atoms with E-state index in [0.717, 1.165) is 4.90 Å². The molecule has 0 heterocycles. The Balaban J connectivity index is 3.00. The van der Waals surface area contributed by atoms with Gasteiger partial charge in [0.2, 0.25) is 5.91 Å². The van der Waals surface area contributed by atoms with Gasteiger partial charge in [-0.15, -0.1) is 0 Å². The van der Waals surface area contributed by atoms with Crippen LogP contribution in [-0.4, -0.2) is 30.2 Å². The second kappa shape index (κ2) is 7.06. The molecule has 0 spiro atoms. The molecule has 0 N–H and O–H groups in total. The van der Waals surface area contributed by atoms with Gasteiger partial charge in [-0.25, -0.2) is 14.5 Å². The lowest BCUT2D eigenvalue weighted by molar-refractivity contribution is -0.116. The molecule has 120 valence electrons. The Morgan fingerprint density at radius 1 is 1.09 bits per heavy atom. The van der Waals surface area contributed by atoms with Crippen LogP contribution >= 0.6 is 0 Å². The van der Waals surface area contributed by atoms with Crippen LogP contribution in [0.3, 0.4) is 0 Å². The Morgan fingerprint density at radius 2 is 1.64 bits per heavy atom. The third-order valence-corrected chi connectivity index (χ3v) is 2.53. The van der Waals surface area contributed by atoms with Gasteiger partial charge in [-0.3, -0.25) is 4.79 Å². The Labute approximate surface area is 130 Å². The van der Waals surface area contributed by atoms with Gasteiger partial charge >= 0.3 is 12.1 Å². The smallest absolute Gasteiger partial charge is 0.421 e. The number of hydrogen-bond acceptors (Lipinski definition) is 5.